The Labute approximate surface area is 165 Å². The molecule has 1 fully saturated rings. The van der Waals surface area contributed by atoms with E-state index in [0.717, 1.165) is 42.3 Å². The van der Waals surface area contributed by atoms with Crippen LogP contribution in [0, 0.1) is 6.92 Å². The van der Waals surface area contributed by atoms with Gasteiger partial charge in [0.1, 0.15) is 5.82 Å². The summed E-state index contributed by atoms with van der Waals surface area (Å²) < 4.78 is 1.96. The van der Waals surface area contributed by atoms with Gasteiger partial charge in [-0.25, -0.2) is 4.98 Å². The summed E-state index contributed by atoms with van der Waals surface area (Å²) in [6.45, 7) is 7.99. The molecule has 7 heteroatoms. The van der Waals surface area contributed by atoms with Gasteiger partial charge in [0.15, 0.2) is 0 Å². The van der Waals surface area contributed by atoms with E-state index in [1.54, 1.807) is 0 Å². The summed E-state index contributed by atoms with van der Waals surface area (Å²) in [5, 5.41) is 3.27. The number of carbonyl (C=O) groups is 1. The number of piperazine rings is 1. The molecule has 4 rings (SSSR count). The minimum Gasteiger partial charge on any atom is -0.385 e. The van der Waals surface area contributed by atoms with Gasteiger partial charge in [-0.2, -0.15) is 4.98 Å². The summed E-state index contributed by atoms with van der Waals surface area (Å²) in [6, 6.07) is 8.11. The predicted molar refractivity (Wildman–Crippen MR) is 111 cm³/mol. The minimum absolute atomic E-state index is 0.183. The van der Waals surface area contributed by atoms with Gasteiger partial charge in [-0.1, -0.05) is 12.1 Å². The van der Waals surface area contributed by atoms with Crippen molar-refractivity contribution < 1.29 is 4.79 Å². The molecule has 1 aliphatic rings. The van der Waals surface area contributed by atoms with Crippen LogP contribution in [0.5, 0.6) is 0 Å². The van der Waals surface area contributed by atoms with Crippen molar-refractivity contribution in [3.05, 3.63) is 54.0 Å². The Morgan fingerprint density at radius 1 is 1.11 bits per heavy atom. The third kappa shape index (κ3) is 3.93. The molecule has 3 aromatic rings. The summed E-state index contributed by atoms with van der Waals surface area (Å²) in [6.07, 6.45) is 6.32. The van der Waals surface area contributed by atoms with Crippen LogP contribution in [-0.4, -0.2) is 57.9 Å². The number of carbonyl (C=O) groups excluding carboxylic acids is 1. The highest BCUT2D eigenvalue weighted by Crippen LogP contribution is 2.17. The number of anilines is 2. The zero-order valence-corrected chi connectivity index (χ0v) is 16.4. The summed E-state index contributed by atoms with van der Waals surface area (Å²) in [5.41, 5.74) is 3.24. The quantitative estimate of drug-likeness (QED) is 0.738. The van der Waals surface area contributed by atoms with Crippen molar-refractivity contribution >= 4 is 23.2 Å². The summed E-state index contributed by atoms with van der Waals surface area (Å²) in [4.78, 5) is 25.8. The van der Waals surface area contributed by atoms with E-state index < -0.39 is 0 Å². The average Bonchev–Trinajstić information content (AvgIpc) is 3.13. The number of nitrogens with zero attached hydrogens (tertiary/aromatic N) is 5. The number of nitrogens with one attached hydrogen (secondary N) is 1. The Kier molecular flexibility index (Phi) is 5.14. The Hall–Kier alpha value is -3.09. The van der Waals surface area contributed by atoms with Crippen LogP contribution in [0.15, 0.2) is 42.9 Å². The first kappa shape index (κ1) is 18.3. The number of amides is 1. The molecule has 2 aromatic heterocycles. The molecule has 0 atom stereocenters. The largest absolute Gasteiger partial charge is 0.385 e. The van der Waals surface area contributed by atoms with Crippen molar-refractivity contribution in [2.75, 3.05) is 42.9 Å². The predicted octanol–water partition coefficient (Wildman–Crippen LogP) is 2.36. The first-order valence-electron chi connectivity index (χ1n) is 9.79. The second kappa shape index (κ2) is 7.88. The van der Waals surface area contributed by atoms with E-state index >= 15 is 0 Å². The fourth-order valence-corrected chi connectivity index (χ4v) is 3.54. The van der Waals surface area contributed by atoms with Crippen LogP contribution in [0.25, 0.3) is 5.78 Å². The van der Waals surface area contributed by atoms with Gasteiger partial charge < -0.3 is 15.1 Å². The molecular weight excluding hydrogens is 352 g/mol. The van der Waals surface area contributed by atoms with Crippen LogP contribution >= 0.6 is 0 Å². The highest BCUT2D eigenvalue weighted by molar-refractivity contribution is 5.79. The van der Waals surface area contributed by atoms with Crippen molar-refractivity contribution in [1.82, 2.24) is 19.3 Å². The second-order valence-electron chi connectivity index (χ2n) is 7.21. The number of aryl methyl sites for hydroxylation is 1. The molecule has 0 aliphatic carbocycles. The maximum Gasteiger partial charge on any atom is 0.235 e. The molecule has 28 heavy (non-hydrogen) atoms. The van der Waals surface area contributed by atoms with E-state index in [-0.39, 0.29) is 5.91 Å². The van der Waals surface area contributed by atoms with Crippen LogP contribution in [0.1, 0.15) is 18.1 Å². The Balaban J connectivity index is 1.34. The van der Waals surface area contributed by atoms with E-state index in [1.807, 2.05) is 59.1 Å². The summed E-state index contributed by atoms with van der Waals surface area (Å²) >= 11 is 0. The number of fused-ring (bicyclic) bond motifs is 1. The van der Waals surface area contributed by atoms with Crippen molar-refractivity contribution in [1.29, 1.82) is 0 Å². The van der Waals surface area contributed by atoms with E-state index in [1.165, 1.54) is 0 Å². The van der Waals surface area contributed by atoms with Crippen molar-refractivity contribution in [2.45, 2.75) is 20.3 Å². The standard InChI is InChI=1S/C21H26N6O/c1-3-22-18-6-4-17(5-7-18)12-20(28)26-10-8-25(9-11-26)19-15-27-14-16(2)13-23-21(27)24-19/h4-7,13-15,22H,3,8-12H2,1-2H3. The third-order valence-electron chi connectivity index (χ3n) is 5.07. The zero-order valence-electron chi connectivity index (χ0n) is 16.4. The van der Waals surface area contributed by atoms with Crippen LogP contribution < -0.4 is 10.2 Å². The number of hydrogen-bond acceptors (Lipinski definition) is 5. The Bertz CT molecular complexity index is 957. The van der Waals surface area contributed by atoms with E-state index in [0.29, 0.717) is 25.3 Å². The molecule has 1 amide bonds. The van der Waals surface area contributed by atoms with E-state index in [9.17, 15) is 4.79 Å². The SMILES string of the molecule is CCNc1ccc(CC(=O)N2CCN(c3cn4cc(C)cnc4n3)CC2)cc1. The molecule has 146 valence electrons. The molecule has 1 N–H and O–H groups in total. The van der Waals surface area contributed by atoms with Crippen LogP contribution in [0.2, 0.25) is 0 Å². The first-order valence-corrected chi connectivity index (χ1v) is 9.79. The van der Waals surface area contributed by atoms with Gasteiger partial charge in [-0.15, -0.1) is 0 Å². The molecule has 1 aromatic carbocycles. The maximum atomic E-state index is 12.7. The monoisotopic (exact) mass is 378 g/mol. The molecule has 7 nitrogen and oxygen atoms in total. The van der Waals surface area contributed by atoms with E-state index in [2.05, 4.69) is 27.1 Å². The van der Waals surface area contributed by atoms with Gasteiger partial charge in [-0.3, -0.25) is 9.20 Å². The van der Waals surface area contributed by atoms with Gasteiger partial charge in [-0.05, 0) is 37.1 Å². The number of hydrogen-bond donors (Lipinski definition) is 1. The smallest absolute Gasteiger partial charge is 0.235 e. The van der Waals surface area contributed by atoms with Gasteiger partial charge in [0, 0.05) is 50.8 Å². The van der Waals surface area contributed by atoms with Crippen molar-refractivity contribution in [3.8, 4) is 0 Å². The van der Waals surface area contributed by atoms with Crippen LogP contribution in [0.4, 0.5) is 11.5 Å². The van der Waals surface area contributed by atoms with Gasteiger partial charge in [0.2, 0.25) is 11.7 Å². The molecule has 3 heterocycles. The highest BCUT2D eigenvalue weighted by atomic mass is 16.2. The normalized spacial score (nSPS) is 14.5. The fourth-order valence-electron chi connectivity index (χ4n) is 3.54. The Morgan fingerprint density at radius 2 is 1.86 bits per heavy atom. The maximum absolute atomic E-state index is 12.7. The molecule has 0 bridgehead atoms. The van der Waals surface area contributed by atoms with Crippen molar-refractivity contribution in [2.24, 2.45) is 0 Å². The topological polar surface area (TPSA) is 65.8 Å². The van der Waals surface area contributed by atoms with E-state index in [4.69, 9.17) is 0 Å². The average molecular weight is 378 g/mol. The minimum atomic E-state index is 0.183. The summed E-state index contributed by atoms with van der Waals surface area (Å²) in [7, 11) is 0. The van der Waals surface area contributed by atoms with Crippen LogP contribution in [0.3, 0.4) is 0 Å². The second-order valence-corrected chi connectivity index (χ2v) is 7.21. The summed E-state index contributed by atoms with van der Waals surface area (Å²) in [5.74, 6) is 1.81. The Morgan fingerprint density at radius 3 is 2.57 bits per heavy atom. The van der Waals surface area contributed by atoms with Gasteiger partial charge in [0.05, 0.1) is 12.6 Å². The lowest BCUT2D eigenvalue weighted by Gasteiger charge is -2.34. The first-order chi connectivity index (χ1) is 13.6. The number of benzene rings is 1. The molecule has 0 spiro atoms. The molecule has 1 aliphatic heterocycles. The zero-order chi connectivity index (χ0) is 19.5. The molecule has 1 saturated heterocycles. The lowest BCUT2D eigenvalue weighted by Crippen LogP contribution is -2.49. The lowest BCUT2D eigenvalue weighted by molar-refractivity contribution is -0.130. The molecular formula is C21H26N6O. The van der Waals surface area contributed by atoms with Crippen molar-refractivity contribution in [3.63, 3.8) is 0 Å². The van der Waals surface area contributed by atoms with Crippen LogP contribution in [-0.2, 0) is 11.2 Å². The molecule has 0 radical (unpaired) electrons. The third-order valence-corrected chi connectivity index (χ3v) is 5.07. The lowest BCUT2D eigenvalue weighted by atomic mass is 10.1. The number of imidazole rings is 1. The number of rotatable bonds is 5. The van der Waals surface area contributed by atoms with Gasteiger partial charge in [0.25, 0.3) is 0 Å². The highest BCUT2D eigenvalue weighted by Gasteiger charge is 2.22. The van der Waals surface area contributed by atoms with Gasteiger partial charge >= 0.3 is 0 Å². The number of aromatic nitrogens is 3. The molecule has 0 unspecified atom stereocenters. The fraction of sp³-hybridized carbons (Fsp3) is 0.381. The molecule has 0 saturated carbocycles.